The van der Waals surface area contributed by atoms with Gasteiger partial charge in [0.2, 0.25) is 20.0 Å². The largest absolute Gasteiger partial charge is 0.493 e. The molecule has 2 aromatic rings. The van der Waals surface area contributed by atoms with Gasteiger partial charge in [0.05, 0.1) is 22.7 Å². The summed E-state index contributed by atoms with van der Waals surface area (Å²) in [6, 6.07) is 14.6. The van der Waals surface area contributed by atoms with Crippen molar-refractivity contribution in [3.05, 3.63) is 59.7 Å². The summed E-state index contributed by atoms with van der Waals surface area (Å²) < 4.78 is 64.6. The van der Waals surface area contributed by atoms with Crippen LogP contribution in [0.4, 0.5) is 0 Å². The third kappa shape index (κ3) is 8.49. The van der Waals surface area contributed by atoms with Crippen molar-refractivity contribution in [3.8, 4) is 11.5 Å². The molecule has 0 atom stereocenters. The van der Waals surface area contributed by atoms with Crippen LogP contribution in [-0.2, 0) is 33.1 Å². The average Bonchev–Trinajstić information content (AvgIpc) is 2.76. The summed E-state index contributed by atoms with van der Waals surface area (Å²) >= 11 is 0. The molecule has 0 spiro atoms. The molecular formula is C25H38N2O6S2. The van der Waals surface area contributed by atoms with Crippen LogP contribution in [0.5, 0.6) is 11.5 Å². The fourth-order valence-electron chi connectivity index (χ4n) is 2.78. The van der Waals surface area contributed by atoms with E-state index in [4.69, 9.17) is 9.47 Å². The molecular weight excluding hydrogens is 488 g/mol. The van der Waals surface area contributed by atoms with Gasteiger partial charge in [-0.25, -0.2) is 26.3 Å². The first-order valence-corrected chi connectivity index (χ1v) is 14.5. The Morgan fingerprint density at radius 2 is 0.971 bits per heavy atom. The number of ether oxygens (including phenoxy) is 2. The van der Waals surface area contributed by atoms with Crippen LogP contribution in [0.15, 0.2) is 48.5 Å². The van der Waals surface area contributed by atoms with Crippen LogP contribution in [0, 0.1) is 0 Å². The minimum atomic E-state index is -3.47. The van der Waals surface area contributed by atoms with Crippen LogP contribution in [0.25, 0.3) is 0 Å². The minimum Gasteiger partial charge on any atom is -0.493 e. The molecule has 8 nitrogen and oxygen atoms in total. The average molecular weight is 527 g/mol. The zero-order valence-corrected chi connectivity index (χ0v) is 23.1. The van der Waals surface area contributed by atoms with Crippen LogP contribution < -0.4 is 18.9 Å². The van der Waals surface area contributed by atoms with Crippen molar-refractivity contribution in [1.29, 1.82) is 0 Å². The van der Waals surface area contributed by atoms with E-state index in [2.05, 4.69) is 9.44 Å². The van der Waals surface area contributed by atoms with Gasteiger partial charge in [0, 0.05) is 30.6 Å². The summed E-state index contributed by atoms with van der Waals surface area (Å²) in [5.41, 5.74) is 1.50. The van der Waals surface area contributed by atoms with Gasteiger partial charge >= 0.3 is 0 Å². The second-order valence-corrected chi connectivity index (χ2v) is 15.2. The van der Waals surface area contributed by atoms with E-state index in [0.717, 1.165) is 11.1 Å². The summed E-state index contributed by atoms with van der Waals surface area (Å²) in [6.45, 7) is 10.9. The Hall–Kier alpha value is -2.14. The fourth-order valence-corrected chi connectivity index (χ4v) is 4.34. The standard InChI is InChI=1S/C25H38N2O6S2/c1-24(2,3)34(28,29)26-18-20-12-7-9-14-22(20)32-16-11-17-33-23-15-10-8-13-21(23)19-27-35(30,31)25(4,5)6/h7-10,12-15,26-27H,11,16-19H2,1-6H3. The first-order chi connectivity index (χ1) is 16.1. The lowest BCUT2D eigenvalue weighted by Crippen LogP contribution is -2.39. The minimum absolute atomic E-state index is 0.143. The highest BCUT2D eigenvalue weighted by Gasteiger charge is 2.29. The third-order valence-corrected chi connectivity index (χ3v) is 9.54. The number of rotatable bonds is 12. The highest BCUT2D eigenvalue weighted by Crippen LogP contribution is 2.22. The van der Waals surface area contributed by atoms with E-state index in [1.165, 1.54) is 0 Å². The van der Waals surface area contributed by atoms with Crippen LogP contribution in [-0.4, -0.2) is 39.5 Å². The summed E-state index contributed by atoms with van der Waals surface area (Å²) in [7, 11) is -6.93. The molecule has 2 N–H and O–H groups in total. The number of sulfonamides is 2. The Labute approximate surface area is 210 Å². The second kappa shape index (κ2) is 11.7. The van der Waals surface area contributed by atoms with Crippen LogP contribution in [0.3, 0.4) is 0 Å². The molecule has 35 heavy (non-hydrogen) atoms. The SMILES string of the molecule is CC(C)(C)S(=O)(=O)NCc1ccccc1OCCCOc1ccccc1CNS(=O)(=O)C(C)(C)C. The monoisotopic (exact) mass is 526 g/mol. The number of para-hydroxylation sites is 2. The van der Waals surface area contributed by atoms with Crippen molar-refractivity contribution in [3.63, 3.8) is 0 Å². The van der Waals surface area contributed by atoms with Gasteiger partial charge in [-0.1, -0.05) is 36.4 Å². The normalized spacial score (nSPS) is 13.0. The molecule has 0 aromatic heterocycles. The van der Waals surface area contributed by atoms with Crippen LogP contribution in [0.2, 0.25) is 0 Å². The number of hydrogen-bond acceptors (Lipinski definition) is 6. The van der Waals surface area contributed by atoms with Crippen molar-refractivity contribution in [2.75, 3.05) is 13.2 Å². The van der Waals surface area contributed by atoms with E-state index in [9.17, 15) is 16.8 Å². The Morgan fingerprint density at radius 3 is 1.31 bits per heavy atom. The Morgan fingerprint density at radius 1 is 0.629 bits per heavy atom. The summed E-state index contributed by atoms with van der Waals surface area (Å²) in [5, 5.41) is 0. The highest BCUT2D eigenvalue weighted by atomic mass is 32.2. The second-order valence-electron chi connectivity index (χ2n) is 10.1. The molecule has 2 rings (SSSR count). The van der Waals surface area contributed by atoms with Gasteiger partial charge < -0.3 is 9.47 Å². The van der Waals surface area contributed by atoms with Crippen molar-refractivity contribution in [2.45, 2.75) is 70.5 Å². The molecule has 0 saturated heterocycles. The smallest absolute Gasteiger partial charge is 0.216 e. The number of benzene rings is 2. The van der Waals surface area contributed by atoms with Crippen molar-refractivity contribution in [2.24, 2.45) is 0 Å². The van der Waals surface area contributed by atoms with Crippen LogP contribution >= 0.6 is 0 Å². The quantitative estimate of drug-likeness (QED) is 0.405. The van der Waals surface area contributed by atoms with Gasteiger partial charge in [-0.2, -0.15) is 0 Å². The number of hydrogen-bond donors (Lipinski definition) is 2. The molecule has 10 heteroatoms. The molecule has 2 aromatic carbocycles. The first kappa shape index (κ1) is 29.1. The molecule has 0 fully saturated rings. The van der Waals surface area contributed by atoms with Gasteiger partial charge in [-0.05, 0) is 53.7 Å². The maximum Gasteiger partial charge on any atom is 0.216 e. The molecule has 0 aliphatic rings. The van der Waals surface area contributed by atoms with Gasteiger partial charge in [-0.3, -0.25) is 0 Å². The number of nitrogens with one attached hydrogen (secondary N) is 2. The fraction of sp³-hybridized carbons (Fsp3) is 0.520. The van der Waals surface area contributed by atoms with E-state index in [-0.39, 0.29) is 13.1 Å². The Kier molecular flexibility index (Phi) is 9.75. The van der Waals surface area contributed by atoms with Gasteiger partial charge in [0.1, 0.15) is 11.5 Å². The molecule has 0 saturated carbocycles. The highest BCUT2D eigenvalue weighted by molar-refractivity contribution is 7.91. The lowest BCUT2D eigenvalue weighted by atomic mass is 10.2. The van der Waals surface area contributed by atoms with Crippen LogP contribution in [0.1, 0.15) is 59.1 Å². The lowest BCUT2D eigenvalue weighted by Gasteiger charge is -2.20. The van der Waals surface area contributed by atoms with Gasteiger partial charge in [0.25, 0.3) is 0 Å². The molecule has 196 valence electrons. The summed E-state index contributed by atoms with van der Waals surface area (Å²) in [6.07, 6.45) is 0.587. The molecule has 0 bridgehead atoms. The molecule has 0 aliphatic carbocycles. The topological polar surface area (TPSA) is 111 Å². The Balaban J connectivity index is 1.88. The van der Waals surface area contributed by atoms with E-state index < -0.39 is 29.5 Å². The van der Waals surface area contributed by atoms with E-state index in [1.54, 1.807) is 53.7 Å². The molecule has 0 heterocycles. The third-order valence-electron chi connectivity index (χ3n) is 5.27. The summed E-state index contributed by atoms with van der Waals surface area (Å²) in [5.74, 6) is 1.22. The molecule has 0 amide bonds. The zero-order chi connectivity index (χ0) is 26.3. The first-order valence-electron chi connectivity index (χ1n) is 11.5. The molecule has 0 radical (unpaired) electrons. The maximum atomic E-state index is 12.3. The van der Waals surface area contributed by atoms with E-state index in [1.807, 2.05) is 36.4 Å². The summed E-state index contributed by atoms with van der Waals surface area (Å²) in [4.78, 5) is 0. The predicted molar refractivity (Wildman–Crippen MR) is 140 cm³/mol. The predicted octanol–water partition coefficient (Wildman–Crippen LogP) is 3.97. The lowest BCUT2D eigenvalue weighted by molar-refractivity contribution is 0.245. The van der Waals surface area contributed by atoms with Crippen molar-refractivity contribution < 1.29 is 26.3 Å². The molecule has 0 unspecified atom stereocenters. The van der Waals surface area contributed by atoms with E-state index >= 15 is 0 Å². The zero-order valence-electron chi connectivity index (χ0n) is 21.4. The maximum absolute atomic E-state index is 12.3. The Bertz CT molecular complexity index is 1090. The van der Waals surface area contributed by atoms with Gasteiger partial charge in [0.15, 0.2) is 0 Å². The molecule has 0 aliphatic heterocycles. The van der Waals surface area contributed by atoms with Crippen molar-refractivity contribution >= 4 is 20.0 Å². The van der Waals surface area contributed by atoms with E-state index in [0.29, 0.717) is 31.1 Å². The van der Waals surface area contributed by atoms with Crippen molar-refractivity contribution in [1.82, 2.24) is 9.44 Å². The van der Waals surface area contributed by atoms with Gasteiger partial charge in [-0.15, -0.1) is 0 Å².